The number of halogens is 2. The number of carbonyl (C=O) groups is 2. The first-order valence-corrected chi connectivity index (χ1v) is 6.10. The van der Waals surface area contributed by atoms with Gasteiger partial charge in [0.05, 0.1) is 6.04 Å². The molecule has 18 heavy (non-hydrogen) atoms. The summed E-state index contributed by atoms with van der Waals surface area (Å²) in [5.41, 5.74) is 1.50. The molecule has 2 rings (SSSR count). The topological polar surface area (TPSA) is 37.4 Å². The summed E-state index contributed by atoms with van der Waals surface area (Å²) in [5, 5.41) is -0.573. The summed E-state index contributed by atoms with van der Waals surface area (Å²) < 4.78 is 13.1. The van der Waals surface area contributed by atoms with Crippen LogP contribution >= 0.6 is 11.6 Å². The number of hydrogen-bond donors (Lipinski definition) is 0. The molecule has 0 saturated carbocycles. The molecule has 0 N–H and O–H groups in total. The van der Waals surface area contributed by atoms with Crippen molar-refractivity contribution in [3.05, 3.63) is 35.1 Å². The van der Waals surface area contributed by atoms with Crippen LogP contribution in [0.1, 0.15) is 30.0 Å². The zero-order valence-electron chi connectivity index (χ0n) is 9.95. The highest BCUT2D eigenvalue weighted by Crippen LogP contribution is 2.32. The number of likely N-dealkylation sites (tertiary alicyclic amines) is 1. The highest BCUT2D eigenvalue weighted by molar-refractivity contribution is 6.62. The van der Waals surface area contributed by atoms with Gasteiger partial charge in [-0.1, -0.05) is 6.07 Å². The Bertz CT molecular complexity index is 504. The summed E-state index contributed by atoms with van der Waals surface area (Å²) in [7, 11) is 0. The van der Waals surface area contributed by atoms with Gasteiger partial charge in [0.2, 0.25) is 0 Å². The van der Waals surface area contributed by atoms with E-state index in [4.69, 9.17) is 11.6 Å². The van der Waals surface area contributed by atoms with Gasteiger partial charge in [-0.2, -0.15) is 0 Å². The number of carbonyl (C=O) groups excluding carboxylic acids is 2. The Kier molecular flexibility index (Phi) is 3.66. The van der Waals surface area contributed by atoms with Crippen LogP contribution in [0.5, 0.6) is 0 Å². The summed E-state index contributed by atoms with van der Waals surface area (Å²) in [6, 6.07) is 3.96. The van der Waals surface area contributed by atoms with E-state index in [2.05, 4.69) is 0 Å². The van der Waals surface area contributed by atoms with Crippen molar-refractivity contribution in [2.24, 2.45) is 0 Å². The Morgan fingerprint density at radius 1 is 1.50 bits per heavy atom. The summed E-state index contributed by atoms with van der Waals surface area (Å²) in [5.74, 6) is -0.236. The Morgan fingerprint density at radius 2 is 2.22 bits per heavy atom. The first-order chi connectivity index (χ1) is 8.49. The van der Waals surface area contributed by atoms with E-state index in [0.717, 1.165) is 11.1 Å². The lowest BCUT2D eigenvalue weighted by Gasteiger charge is -2.34. The number of benzene rings is 1. The smallest absolute Gasteiger partial charge is 0.316 e. The zero-order chi connectivity index (χ0) is 13.3. The fourth-order valence-electron chi connectivity index (χ4n) is 2.33. The van der Waals surface area contributed by atoms with Crippen LogP contribution in [0.25, 0.3) is 0 Å². The maximum absolute atomic E-state index is 13.1. The molecule has 0 bridgehead atoms. The van der Waals surface area contributed by atoms with Crippen molar-refractivity contribution >= 4 is 22.8 Å². The van der Waals surface area contributed by atoms with Crippen molar-refractivity contribution in [1.82, 2.24) is 4.90 Å². The van der Waals surface area contributed by atoms with Crippen LogP contribution in [0, 0.1) is 12.7 Å². The van der Waals surface area contributed by atoms with Crippen LogP contribution in [0.4, 0.5) is 9.18 Å². The number of hydrogen-bond acceptors (Lipinski definition) is 2. The monoisotopic (exact) mass is 269 g/mol. The molecule has 0 aromatic heterocycles. The highest BCUT2D eigenvalue weighted by Gasteiger charge is 2.31. The molecule has 1 atom stereocenters. The Labute approximate surface area is 110 Å². The Hall–Kier alpha value is -1.42. The Morgan fingerprint density at radius 3 is 2.83 bits per heavy atom. The third kappa shape index (κ3) is 2.53. The van der Waals surface area contributed by atoms with Crippen LogP contribution in [0.3, 0.4) is 0 Å². The molecule has 3 nitrogen and oxygen atoms in total. The van der Waals surface area contributed by atoms with Crippen molar-refractivity contribution in [2.75, 3.05) is 6.54 Å². The molecule has 1 fully saturated rings. The predicted octanol–water partition coefficient (Wildman–Crippen LogP) is 3.20. The van der Waals surface area contributed by atoms with Crippen molar-refractivity contribution in [1.29, 1.82) is 0 Å². The molecule has 1 aromatic rings. The van der Waals surface area contributed by atoms with Crippen LogP contribution in [0.2, 0.25) is 0 Å². The van der Waals surface area contributed by atoms with E-state index >= 15 is 0 Å². The Balaban J connectivity index is 2.38. The van der Waals surface area contributed by atoms with E-state index < -0.39 is 5.37 Å². The maximum atomic E-state index is 13.1. The minimum atomic E-state index is -0.573. The molecule has 1 aliphatic heterocycles. The average molecular weight is 270 g/mol. The molecule has 1 aromatic carbocycles. The predicted molar refractivity (Wildman–Crippen MR) is 66.1 cm³/mol. The molecule has 0 unspecified atom stereocenters. The van der Waals surface area contributed by atoms with Gasteiger partial charge < -0.3 is 4.90 Å². The number of ketones is 1. The van der Waals surface area contributed by atoms with Gasteiger partial charge in [0.25, 0.3) is 0 Å². The van der Waals surface area contributed by atoms with Gasteiger partial charge in [-0.15, -0.1) is 0 Å². The molecule has 1 heterocycles. The molecule has 0 aliphatic carbocycles. The van der Waals surface area contributed by atoms with E-state index in [-0.39, 0.29) is 24.1 Å². The lowest BCUT2D eigenvalue weighted by molar-refractivity contribution is -0.122. The fraction of sp³-hybridized carbons (Fsp3) is 0.385. The van der Waals surface area contributed by atoms with E-state index in [1.165, 1.54) is 17.0 Å². The largest absolute Gasteiger partial charge is 0.321 e. The third-order valence-electron chi connectivity index (χ3n) is 3.25. The summed E-state index contributed by atoms with van der Waals surface area (Å²) in [4.78, 5) is 24.4. The molecule has 1 amide bonds. The van der Waals surface area contributed by atoms with Gasteiger partial charge >= 0.3 is 5.37 Å². The first kappa shape index (κ1) is 13.0. The minimum Gasteiger partial charge on any atom is -0.321 e. The van der Waals surface area contributed by atoms with Crippen LogP contribution in [-0.2, 0) is 4.79 Å². The number of rotatable bonds is 1. The van der Waals surface area contributed by atoms with Gasteiger partial charge in [0.1, 0.15) is 11.6 Å². The van der Waals surface area contributed by atoms with Gasteiger partial charge in [-0.05, 0) is 41.8 Å². The maximum Gasteiger partial charge on any atom is 0.316 e. The molecular formula is C13H13ClFNO2. The fourth-order valence-corrected chi connectivity index (χ4v) is 2.53. The number of aryl methyl sites for hydroxylation is 1. The second-order valence-electron chi connectivity index (χ2n) is 4.46. The summed E-state index contributed by atoms with van der Waals surface area (Å²) >= 11 is 5.53. The number of amides is 1. The van der Waals surface area contributed by atoms with E-state index in [1.54, 1.807) is 13.0 Å². The van der Waals surface area contributed by atoms with Crippen LogP contribution in [0.15, 0.2) is 18.2 Å². The van der Waals surface area contributed by atoms with E-state index in [0.29, 0.717) is 13.0 Å². The standard InChI is InChI=1S/C13H13ClFNO2/c1-8-6-9(15)2-3-11(8)12-7-10(17)4-5-16(12)13(14)18/h2-3,6,12H,4-5,7H2,1H3/t12-/m1/s1. The van der Waals surface area contributed by atoms with Crippen LogP contribution in [-0.4, -0.2) is 22.6 Å². The highest BCUT2D eigenvalue weighted by atomic mass is 35.5. The third-order valence-corrected chi connectivity index (χ3v) is 3.46. The second kappa shape index (κ2) is 5.06. The van der Waals surface area contributed by atoms with Crippen LogP contribution < -0.4 is 0 Å². The summed E-state index contributed by atoms with van der Waals surface area (Å²) in [6.45, 7) is 2.08. The van der Waals surface area contributed by atoms with Gasteiger partial charge in [0, 0.05) is 19.4 Å². The molecule has 0 radical (unpaired) electrons. The zero-order valence-corrected chi connectivity index (χ0v) is 10.7. The molecular weight excluding hydrogens is 257 g/mol. The van der Waals surface area contributed by atoms with Crippen molar-refractivity contribution < 1.29 is 14.0 Å². The van der Waals surface area contributed by atoms with Gasteiger partial charge in [-0.25, -0.2) is 4.39 Å². The lowest BCUT2D eigenvalue weighted by atomic mass is 9.92. The van der Waals surface area contributed by atoms with Crippen molar-refractivity contribution in [3.8, 4) is 0 Å². The van der Waals surface area contributed by atoms with Crippen molar-refractivity contribution in [3.63, 3.8) is 0 Å². The lowest BCUT2D eigenvalue weighted by Crippen LogP contribution is -2.38. The SMILES string of the molecule is Cc1cc(F)ccc1[C@H]1CC(=O)CCN1C(=O)Cl. The van der Waals surface area contributed by atoms with Gasteiger partial charge in [0.15, 0.2) is 0 Å². The van der Waals surface area contributed by atoms with Crippen molar-refractivity contribution in [2.45, 2.75) is 25.8 Å². The van der Waals surface area contributed by atoms with E-state index in [1.807, 2.05) is 0 Å². The molecule has 1 saturated heterocycles. The average Bonchev–Trinajstić information content (AvgIpc) is 2.28. The number of nitrogens with zero attached hydrogens (tertiary/aromatic N) is 1. The summed E-state index contributed by atoms with van der Waals surface area (Å²) in [6.07, 6.45) is 0.570. The molecule has 96 valence electrons. The molecule has 0 spiro atoms. The molecule has 5 heteroatoms. The van der Waals surface area contributed by atoms with E-state index in [9.17, 15) is 14.0 Å². The second-order valence-corrected chi connectivity index (χ2v) is 4.78. The minimum absolute atomic E-state index is 0.0953. The quantitative estimate of drug-likeness (QED) is 0.580. The first-order valence-electron chi connectivity index (χ1n) is 5.73. The normalized spacial score (nSPS) is 20.1. The molecule has 1 aliphatic rings. The number of Topliss-reactive ketones (excluding diaryl/α,β-unsaturated/α-hetero) is 1. The van der Waals surface area contributed by atoms with Gasteiger partial charge in [-0.3, -0.25) is 9.59 Å². The number of piperidine rings is 1.